The monoisotopic (exact) mass is 390 g/mol. The van der Waals surface area contributed by atoms with Crippen LogP contribution < -0.4 is 79.5 Å². The minimum atomic E-state index is -1.49. The maximum absolute atomic E-state index is 10.9. The van der Waals surface area contributed by atoms with Gasteiger partial charge in [-0.1, -0.05) is 12.8 Å². The molecule has 1 fully saturated rings. The number of hydrogen-bond acceptors (Lipinski definition) is 10. The van der Waals surface area contributed by atoms with Gasteiger partial charge in [-0.05, 0) is 12.8 Å². The first kappa shape index (κ1) is 28.0. The van der Waals surface area contributed by atoms with Gasteiger partial charge in [0.2, 0.25) is 0 Å². The molecule has 0 saturated heterocycles. The van der Waals surface area contributed by atoms with Crippen LogP contribution in [0.2, 0.25) is 0 Å². The Morgan fingerprint density at radius 1 is 0.654 bits per heavy atom. The number of carboxylic acid groups (broad SMARTS) is 4. The number of nitrogens with zero attached hydrogens (tertiary/aromatic N) is 2. The average Bonchev–Trinajstić information content (AvgIpc) is 2.44. The van der Waals surface area contributed by atoms with Crippen molar-refractivity contribution in [2.45, 2.75) is 37.8 Å². The summed E-state index contributed by atoms with van der Waals surface area (Å²) in [6.07, 6.45) is 2.12. The van der Waals surface area contributed by atoms with Crippen LogP contribution in [0.3, 0.4) is 0 Å². The second kappa shape index (κ2) is 13.9. The van der Waals surface area contributed by atoms with Crippen LogP contribution in [0.5, 0.6) is 0 Å². The molecular formula is C14H20N2Na2O8. The Kier molecular flexibility index (Phi) is 15.0. The zero-order chi connectivity index (χ0) is 18.3. The molecule has 0 aliphatic heterocycles. The molecule has 1 aliphatic rings. The zero-order valence-corrected chi connectivity index (χ0v) is 19.0. The fraction of sp³-hybridized carbons (Fsp3) is 0.714. The van der Waals surface area contributed by atoms with Crippen LogP contribution in [0, 0.1) is 0 Å². The van der Waals surface area contributed by atoms with E-state index in [1.807, 2.05) is 0 Å². The fourth-order valence-electron chi connectivity index (χ4n) is 3.19. The molecular weight excluding hydrogens is 370 g/mol. The predicted molar refractivity (Wildman–Crippen MR) is 71.4 cm³/mol. The van der Waals surface area contributed by atoms with Crippen LogP contribution in [0.4, 0.5) is 0 Å². The molecule has 10 nitrogen and oxygen atoms in total. The number of carboxylic acids is 4. The minimum absolute atomic E-state index is 0. The normalized spacial score (nSPS) is 19.3. The second-order valence-electron chi connectivity index (χ2n) is 5.72. The van der Waals surface area contributed by atoms with E-state index in [1.54, 1.807) is 0 Å². The third-order valence-corrected chi connectivity index (χ3v) is 3.96. The van der Waals surface area contributed by atoms with Gasteiger partial charge >= 0.3 is 62.0 Å². The molecule has 136 valence electrons. The number of carbonyl (C=O) groups excluding carboxylic acids is 4. The molecule has 0 aromatic carbocycles. The molecule has 0 bridgehead atoms. The smallest absolute Gasteiger partial charge is 0.549 e. The summed E-state index contributed by atoms with van der Waals surface area (Å²) in [7, 11) is 0. The molecule has 1 aliphatic carbocycles. The maximum atomic E-state index is 10.9. The number of carbonyl (C=O) groups is 4. The Bertz CT molecular complexity index is 440. The molecule has 0 N–H and O–H groups in total. The van der Waals surface area contributed by atoms with Gasteiger partial charge < -0.3 is 39.6 Å². The van der Waals surface area contributed by atoms with Crippen molar-refractivity contribution in [3.05, 3.63) is 0 Å². The van der Waals surface area contributed by atoms with Crippen molar-refractivity contribution in [1.82, 2.24) is 9.80 Å². The summed E-state index contributed by atoms with van der Waals surface area (Å²) in [4.78, 5) is 45.7. The Balaban J connectivity index is -0.000000720. The molecule has 1 saturated carbocycles. The average molecular weight is 390 g/mol. The van der Waals surface area contributed by atoms with E-state index in [2.05, 4.69) is 0 Å². The van der Waals surface area contributed by atoms with Gasteiger partial charge in [-0.25, -0.2) is 0 Å². The first-order valence-electron chi connectivity index (χ1n) is 7.48. The van der Waals surface area contributed by atoms with Gasteiger partial charge in [0.05, 0.1) is 23.9 Å². The summed E-state index contributed by atoms with van der Waals surface area (Å²) in [6.45, 7) is -2.72. The molecule has 0 radical (unpaired) electrons. The van der Waals surface area contributed by atoms with Crippen molar-refractivity contribution in [3.8, 4) is 0 Å². The molecule has 0 heterocycles. The Morgan fingerprint density at radius 2 is 0.885 bits per heavy atom. The van der Waals surface area contributed by atoms with Crippen LogP contribution >= 0.6 is 0 Å². The Hall–Kier alpha value is -0.200. The molecule has 12 heteroatoms. The van der Waals surface area contributed by atoms with E-state index < -0.39 is 62.1 Å². The van der Waals surface area contributed by atoms with Gasteiger partial charge in [0.15, 0.2) is 0 Å². The van der Waals surface area contributed by atoms with Crippen molar-refractivity contribution in [2.75, 3.05) is 26.2 Å². The van der Waals surface area contributed by atoms with Crippen molar-refractivity contribution >= 4 is 23.9 Å². The molecule has 0 aromatic heterocycles. The topological polar surface area (TPSA) is 167 Å². The van der Waals surface area contributed by atoms with Crippen LogP contribution in [0.1, 0.15) is 28.5 Å². The molecule has 0 unspecified atom stereocenters. The number of hydrogen-bond donors (Lipinski definition) is 0. The Morgan fingerprint density at radius 3 is 1.08 bits per heavy atom. The first-order valence-corrected chi connectivity index (χ1v) is 7.48. The van der Waals surface area contributed by atoms with Gasteiger partial charge in [0, 0.05) is 38.3 Å². The predicted octanol–water partition coefficient (Wildman–Crippen LogP) is -11.9. The molecule has 26 heavy (non-hydrogen) atoms. The molecule has 0 spiro atoms. The molecule has 0 amide bonds. The van der Waals surface area contributed by atoms with Crippen molar-refractivity contribution < 1.29 is 102 Å². The fourth-order valence-corrected chi connectivity index (χ4v) is 3.19. The van der Waals surface area contributed by atoms with Crippen LogP contribution in [0.25, 0.3) is 0 Å². The van der Waals surface area contributed by atoms with Gasteiger partial charge in [-0.3, -0.25) is 9.80 Å². The van der Waals surface area contributed by atoms with Crippen LogP contribution in [-0.4, -0.2) is 71.9 Å². The minimum Gasteiger partial charge on any atom is -0.549 e. The van der Waals surface area contributed by atoms with E-state index in [0.29, 0.717) is 25.7 Å². The molecule has 2 atom stereocenters. The Labute approximate surface area is 198 Å². The standard InChI is InChI=1S/C14H22N2O8.2Na/c17-11(18)5-15(6-12(19)20)9-3-1-2-4-10(9)16(7-13(21)22)8-14(23)24;;/h9-10H,1-8H2,(H,17,18)(H,19,20)(H,21,22)(H,23,24);;/q;2*+1/p-2/t9-,10-;;/m1../s1. The van der Waals surface area contributed by atoms with E-state index in [0.717, 1.165) is 9.80 Å². The summed E-state index contributed by atoms with van der Waals surface area (Å²) >= 11 is 0. The summed E-state index contributed by atoms with van der Waals surface area (Å²) in [6, 6.07) is -1.32. The van der Waals surface area contributed by atoms with Gasteiger partial charge in [-0.15, -0.1) is 0 Å². The van der Waals surface area contributed by atoms with Crippen molar-refractivity contribution in [3.63, 3.8) is 0 Å². The summed E-state index contributed by atoms with van der Waals surface area (Å²) in [5.74, 6) is -5.97. The van der Waals surface area contributed by atoms with Crippen LogP contribution in [-0.2, 0) is 19.2 Å². The third kappa shape index (κ3) is 10.2. The van der Waals surface area contributed by atoms with Gasteiger partial charge in [0.25, 0.3) is 0 Å². The van der Waals surface area contributed by atoms with E-state index in [-0.39, 0.29) is 62.0 Å². The maximum Gasteiger partial charge on any atom is 1.00 e. The van der Waals surface area contributed by atoms with Crippen molar-refractivity contribution in [2.24, 2.45) is 0 Å². The summed E-state index contributed by atoms with van der Waals surface area (Å²) < 4.78 is 0. The number of rotatable bonds is 10. The van der Waals surface area contributed by atoms with E-state index >= 15 is 0 Å². The summed E-state index contributed by atoms with van der Waals surface area (Å²) in [5, 5.41) is 43.5. The molecule has 1 rings (SSSR count). The summed E-state index contributed by atoms with van der Waals surface area (Å²) in [5.41, 5.74) is 0. The molecule has 0 aromatic rings. The quantitative estimate of drug-likeness (QED) is 0.327. The van der Waals surface area contributed by atoms with Crippen LogP contribution in [0.15, 0.2) is 0 Å². The number of aliphatic carboxylic acids is 4. The van der Waals surface area contributed by atoms with Gasteiger partial charge in [-0.2, -0.15) is 0 Å². The van der Waals surface area contributed by atoms with Gasteiger partial charge in [0.1, 0.15) is 0 Å². The first-order chi connectivity index (χ1) is 11.2. The second-order valence-corrected chi connectivity index (χ2v) is 5.72. The largest absolute Gasteiger partial charge is 1.00 e. The zero-order valence-electron chi connectivity index (χ0n) is 17.0. The van der Waals surface area contributed by atoms with E-state index in [4.69, 9.17) is 0 Å². The van der Waals surface area contributed by atoms with E-state index in [1.165, 1.54) is 0 Å². The third-order valence-electron chi connectivity index (χ3n) is 3.96. The SMILES string of the molecule is O=C([O-])CN(CC(=O)[O-])[C@@H]1CCCC[C@H]1N(CC(=O)[O-])CC(=O)[O-].[H+].[H+].[Na+].[Na+]. The van der Waals surface area contributed by atoms with E-state index in [9.17, 15) is 39.6 Å². The van der Waals surface area contributed by atoms with Crippen molar-refractivity contribution in [1.29, 1.82) is 0 Å².